The van der Waals surface area contributed by atoms with E-state index in [-0.39, 0.29) is 22.9 Å². The quantitative estimate of drug-likeness (QED) is 0.632. The second-order valence-electron chi connectivity index (χ2n) is 4.59. The molecule has 0 spiro atoms. The molecule has 0 saturated heterocycles. The van der Waals surface area contributed by atoms with Gasteiger partial charge in [-0.1, -0.05) is 0 Å². The van der Waals surface area contributed by atoms with E-state index in [1.54, 1.807) is 6.92 Å². The standard InChI is InChI=1S/C11H19N3O5S/c1-7(4-5-15)13-20(18,19)11-8(2)12-14(9(11)3)6-10(16)17/h7,13,15H,4-6H2,1-3H3,(H,16,17). The van der Waals surface area contributed by atoms with Crippen LogP contribution in [-0.2, 0) is 21.4 Å². The van der Waals surface area contributed by atoms with E-state index in [4.69, 9.17) is 10.2 Å². The van der Waals surface area contributed by atoms with Crippen LogP contribution in [0.5, 0.6) is 0 Å². The number of aliphatic hydroxyl groups excluding tert-OH is 1. The summed E-state index contributed by atoms with van der Waals surface area (Å²) in [6.07, 6.45) is 0.292. The Kier molecular flexibility index (Phi) is 5.26. The van der Waals surface area contributed by atoms with Gasteiger partial charge >= 0.3 is 5.97 Å². The SMILES string of the molecule is Cc1nn(CC(=O)O)c(C)c1S(=O)(=O)NC(C)CCO. The van der Waals surface area contributed by atoms with Crippen molar-refractivity contribution >= 4 is 16.0 Å². The normalized spacial score (nSPS) is 13.4. The summed E-state index contributed by atoms with van der Waals surface area (Å²) >= 11 is 0. The number of hydrogen-bond donors (Lipinski definition) is 3. The van der Waals surface area contributed by atoms with Crippen LogP contribution < -0.4 is 4.72 Å². The number of nitrogens with zero attached hydrogens (tertiary/aromatic N) is 2. The highest BCUT2D eigenvalue weighted by molar-refractivity contribution is 7.89. The van der Waals surface area contributed by atoms with Crippen LogP contribution in [0.15, 0.2) is 4.90 Å². The minimum Gasteiger partial charge on any atom is -0.480 e. The van der Waals surface area contributed by atoms with Gasteiger partial charge in [-0.3, -0.25) is 9.48 Å². The van der Waals surface area contributed by atoms with Gasteiger partial charge in [0.2, 0.25) is 10.0 Å². The minimum atomic E-state index is -3.80. The fourth-order valence-electron chi connectivity index (χ4n) is 1.93. The molecule has 1 aromatic rings. The van der Waals surface area contributed by atoms with E-state index in [0.29, 0.717) is 6.42 Å². The summed E-state index contributed by atoms with van der Waals surface area (Å²) in [6, 6.07) is -0.424. The molecule has 1 aromatic heterocycles. The number of aromatic nitrogens is 2. The van der Waals surface area contributed by atoms with E-state index < -0.39 is 28.6 Å². The van der Waals surface area contributed by atoms with Crippen LogP contribution in [0.4, 0.5) is 0 Å². The first-order valence-corrected chi connectivity index (χ1v) is 7.56. The fraction of sp³-hybridized carbons (Fsp3) is 0.636. The van der Waals surface area contributed by atoms with Gasteiger partial charge in [-0.25, -0.2) is 13.1 Å². The molecule has 0 fully saturated rings. The molecule has 1 atom stereocenters. The highest BCUT2D eigenvalue weighted by Gasteiger charge is 2.26. The average molecular weight is 305 g/mol. The summed E-state index contributed by atoms with van der Waals surface area (Å²) in [4.78, 5) is 10.7. The van der Waals surface area contributed by atoms with Crippen LogP contribution in [0, 0.1) is 13.8 Å². The van der Waals surface area contributed by atoms with Crippen LogP contribution in [0.3, 0.4) is 0 Å². The van der Waals surface area contributed by atoms with Crippen molar-refractivity contribution in [3.63, 3.8) is 0 Å². The van der Waals surface area contributed by atoms with Gasteiger partial charge in [-0.2, -0.15) is 5.10 Å². The largest absolute Gasteiger partial charge is 0.480 e. The summed E-state index contributed by atoms with van der Waals surface area (Å²) in [5.74, 6) is -1.10. The maximum absolute atomic E-state index is 12.3. The third-order valence-electron chi connectivity index (χ3n) is 2.79. The van der Waals surface area contributed by atoms with Crippen LogP contribution in [-0.4, -0.2) is 47.0 Å². The number of aryl methyl sites for hydroxylation is 1. The summed E-state index contributed by atoms with van der Waals surface area (Å²) in [7, 11) is -3.80. The predicted octanol–water partition coefficient (Wildman–Crippen LogP) is -0.366. The van der Waals surface area contributed by atoms with E-state index in [9.17, 15) is 13.2 Å². The van der Waals surface area contributed by atoms with Crippen molar-refractivity contribution in [3.05, 3.63) is 11.4 Å². The lowest BCUT2D eigenvalue weighted by Crippen LogP contribution is -2.33. The molecular weight excluding hydrogens is 286 g/mol. The average Bonchev–Trinajstić information content (AvgIpc) is 2.52. The number of carboxylic acid groups (broad SMARTS) is 1. The molecule has 1 unspecified atom stereocenters. The third kappa shape index (κ3) is 3.78. The van der Waals surface area contributed by atoms with Gasteiger partial charge < -0.3 is 10.2 Å². The van der Waals surface area contributed by atoms with E-state index in [1.165, 1.54) is 13.8 Å². The van der Waals surface area contributed by atoms with Gasteiger partial charge in [-0.15, -0.1) is 0 Å². The number of aliphatic hydroxyl groups is 1. The summed E-state index contributed by atoms with van der Waals surface area (Å²) < 4.78 is 28.1. The first kappa shape index (κ1) is 16.6. The van der Waals surface area contributed by atoms with Crippen molar-refractivity contribution in [2.24, 2.45) is 0 Å². The van der Waals surface area contributed by atoms with E-state index >= 15 is 0 Å². The fourth-order valence-corrected chi connectivity index (χ4v) is 3.62. The lowest BCUT2D eigenvalue weighted by molar-refractivity contribution is -0.137. The maximum Gasteiger partial charge on any atom is 0.325 e. The number of carboxylic acids is 1. The Bertz CT molecular complexity index is 593. The van der Waals surface area contributed by atoms with Gasteiger partial charge in [0.15, 0.2) is 0 Å². The van der Waals surface area contributed by atoms with Crippen LogP contribution in [0.25, 0.3) is 0 Å². The van der Waals surface area contributed by atoms with Crippen molar-refractivity contribution in [3.8, 4) is 0 Å². The number of rotatable bonds is 7. The Balaban J connectivity index is 3.12. The first-order valence-electron chi connectivity index (χ1n) is 6.08. The topological polar surface area (TPSA) is 122 Å². The number of nitrogens with one attached hydrogen (secondary N) is 1. The highest BCUT2D eigenvalue weighted by atomic mass is 32.2. The first-order chi connectivity index (χ1) is 9.19. The summed E-state index contributed by atoms with van der Waals surface area (Å²) in [6.45, 7) is 4.14. The molecule has 0 saturated carbocycles. The smallest absolute Gasteiger partial charge is 0.325 e. The van der Waals surface area contributed by atoms with Gasteiger partial charge in [0.05, 0.1) is 11.4 Å². The zero-order valence-electron chi connectivity index (χ0n) is 11.6. The Morgan fingerprint density at radius 1 is 1.45 bits per heavy atom. The predicted molar refractivity (Wildman–Crippen MR) is 70.8 cm³/mol. The van der Waals surface area contributed by atoms with Crippen molar-refractivity contribution in [1.82, 2.24) is 14.5 Å². The molecule has 0 radical (unpaired) electrons. The molecule has 3 N–H and O–H groups in total. The van der Waals surface area contributed by atoms with Crippen LogP contribution >= 0.6 is 0 Å². The molecule has 20 heavy (non-hydrogen) atoms. The lowest BCUT2D eigenvalue weighted by Gasteiger charge is -2.13. The second-order valence-corrected chi connectivity index (χ2v) is 6.24. The Morgan fingerprint density at radius 3 is 2.55 bits per heavy atom. The number of sulfonamides is 1. The minimum absolute atomic E-state index is 0.0106. The van der Waals surface area contributed by atoms with Crippen molar-refractivity contribution < 1.29 is 23.4 Å². The van der Waals surface area contributed by atoms with Gasteiger partial charge in [-0.05, 0) is 27.2 Å². The molecule has 1 heterocycles. The third-order valence-corrected chi connectivity index (χ3v) is 4.63. The molecule has 0 bridgehead atoms. The molecule has 0 aromatic carbocycles. The van der Waals surface area contributed by atoms with Crippen LogP contribution in [0.2, 0.25) is 0 Å². The number of aliphatic carboxylic acids is 1. The molecule has 0 aliphatic carbocycles. The monoisotopic (exact) mass is 305 g/mol. The zero-order chi connectivity index (χ0) is 15.5. The molecule has 8 nitrogen and oxygen atoms in total. The maximum atomic E-state index is 12.3. The lowest BCUT2D eigenvalue weighted by atomic mass is 10.3. The number of hydrogen-bond acceptors (Lipinski definition) is 5. The van der Waals surface area contributed by atoms with E-state index in [0.717, 1.165) is 4.68 Å². The molecule has 1 rings (SSSR count). The summed E-state index contributed by atoms with van der Waals surface area (Å²) in [5.41, 5.74) is 0.515. The van der Waals surface area contributed by atoms with Crippen LogP contribution in [0.1, 0.15) is 24.7 Å². The van der Waals surface area contributed by atoms with Crippen molar-refractivity contribution in [2.45, 2.75) is 44.7 Å². The Labute approximate surface area is 117 Å². The Hall–Kier alpha value is -1.45. The van der Waals surface area contributed by atoms with E-state index in [2.05, 4.69) is 9.82 Å². The molecule has 0 aliphatic rings. The van der Waals surface area contributed by atoms with Crippen molar-refractivity contribution in [1.29, 1.82) is 0 Å². The molecule has 0 aliphatic heterocycles. The zero-order valence-corrected chi connectivity index (χ0v) is 12.4. The molecule has 9 heteroatoms. The second kappa shape index (κ2) is 6.33. The van der Waals surface area contributed by atoms with Gasteiger partial charge in [0, 0.05) is 12.6 Å². The Morgan fingerprint density at radius 2 is 2.05 bits per heavy atom. The van der Waals surface area contributed by atoms with E-state index in [1.807, 2.05) is 0 Å². The van der Waals surface area contributed by atoms with Crippen molar-refractivity contribution in [2.75, 3.05) is 6.61 Å². The highest BCUT2D eigenvalue weighted by Crippen LogP contribution is 2.19. The van der Waals surface area contributed by atoms with Gasteiger partial charge in [0.1, 0.15) is 11.4 Å². The summed E-state index contributed by atoms with van der Waals surface area (Å²) in [5, 5.41) is 21.5. The number of carbonyl (C=O) groups is 1. The molecule has 0 amide bonds. The van der Waals surface area contributed by atoms with Gasteiger partial charge in [0.25, 0.3) is 0 Å². The molecule has 114 valence electrons. The molecular formula is C11H19N3O5S.